The van der Waals surface area contributed by atoms with Crippen LogP contribution in [0.25, 0.3) is 10.2 Å². The first-order chi connectivity index (χ1) is 14.5. The third kappa shape index (κ3) is 4.41. The first-order valence-corrected chi connectivity index (χ1v) is 11.4. The molecule has 2 aromatic heterocycles. The molecule has 3 aromatic rings. The van der Waals surface area contributed by atoms with Gasteiger partial charge in [0.25, 0.3) is 5.56 Å². The van der Waals surface area contributed by atoms with Gasteiger partial charge >= 0.3 is 0 Å². The van der Waals surface area contributed by atoms with E-state index >= 15 is 0 Å². The van der Waals surface area contributed by atoms with Crippen LogP contribution in [0.5, 0.6) is 5.75 Å². The Hall–Kier alpha value is -2.67. The zero-order valence-electron chi connectivity index (χ0n) is 17.4. The number of benzene rings is 1. The van der Waals surface area contributed by atoms with Gasteiger partial charge in [0.2, 0.25) is 5.91 Å². The van der Waals surface area contributed by atoms with Gasteiger partial charge < -0.3 is 15.0 Å². The fourth-order valence-corrected chi connectivity index (χ4v) is 5.26. The van der Waals surface area contributed by atoms with Crippen LogP contribution in [0.3, 0.4) is 0 Å². The Morgan fingerprint density at radius 1 is 1.27 bits per heavy atom. The molecule has 158 valence electrons. The van der Waals surface area contributed by atoms with E-state index in [1.54, 1.807) is 11.3 Å². The largest absolute Gasteiger partial charge is 0.494 e. The average Bonchev–Trinajstić information content (AvgIpc) is 3.12. The molecule has 0 unspecified atom stereocenters. The second-order valence-electron chi connectivity index (χ2n) is 7.69. The molecule has 1 amide bonds. The van der Waals surface area contributed by atoms with Gasteiger partial charge in [0.1, 0.15) is 16.4 Å². The molecule has 0 fully saturated rings. The molecule has 0 radical (unpaired) electrons. The molecule has 0 aliphatic heterocycles. The van der Waals surface area contributed by atoms with Gasteiger partial charge in [0.05, 0.1) is 18.0 Å². The fraction of sp³-hybridized carbons (Fsp3) is 0.435. The van der Waals surface area contributed by atoms with Crippen molar-refractivity contribution in [2.24, 2.45) is 0 Å². The number of hydrogen-bond donors (Lipinski definition) is 2. The molecule has 0 saturated carbocycles. The molecule has 2 N–H and O–H groups in total. The maximum atomic E-state index is 12.6. The molecule has 2 heterocycles. The smallest absolute Gasteiger partial charge is 0.259 e. The Morgan fingerprint density at radius 2 is 2.03 bits per heavy atom. The van der Waals surface area contributed by atoms with Crippen molar-refractivity contribution < 1.29 is 9.53 Å². The lowest BCUT2D eigenvalue weighted by Crippen LogP contribution is -2.27. The molecule has 6 nitrogen and oxygen atoms in total. The highest BCUT2D eigenvalue weighted by molar-refractivity contribution is 7.18. The number of amides is 1. The third-order valence-electron chi connectivity index (χ3n) is 5.53. The number of aromatic nitrogens is 2. The lowest BCUT2D eigenvalue weighted by Gasteiger charge is -2.15. The van der Waals surface area contributed by atoms with Gasteiger partial charge in [-0.1, -0.05) is 12.1 Å². The molecule has 1 aliphatic carbocycles. The number of rotatable bonds is 7. The number of thiophene rings is 1. The Balaban J connectivity index is 1.38. The van der Waals surface area contributed by atoms with Gasteiger partial charge in [0.15, 0.2) is 0 Å². The normalized spacial score (nSPS) is 14.3. The highest BCUT2D eigenvalue weighted by atomic mass is 32.1. The summed E-state index contributed by atoms with van der Waals surface area (Å²) in [6.45, 7) is 4.53. The number of hydrogen-bond acceptors (Lipinski definition) is 5. The van der Waals surface area contributed by atoms with Crippen molar-refractivity contribution in [1.82, 2.24) is 15.3 Å². The summed E-state index contributed by atoms with van der Waals surface area (Å²) in [7, 11) is 0. The van der Waals surface area contributed by atoms with Crippen LogP contribution in [0.4, 0.5) is 0 Å². The first-order valence-electron chi connectivity index (χ1n) is 10.6. The van der Waals surface area contributed by atoms with Crippen molar-refractivity contribution in [3.8, 4) is 5.75 Å². The minimum absolute atomic E-state index is 0.0652. The van der Waals surface area contributed by atoms with Crippen molar-refractivity contribution >= 4 is 27.5 Å². The predicted molar refractivity (Wildman–Crippen MR) is 119 cm³/mol. The van der Waals surface area contributed by atoms with Crippen LogP contribution in [0, 0.1) is 0 Å². The van der Waals surface area contributed by atoms with Gasteiger partial charge in [-0.3, -0.25) is 9.59 Å². The average molecular weight is 426 g/mol. The van der Waals surface area contributed by atoms with Crippen molar-refractivity contribution in [2.45, 2.75) is 58.4 Å². The van der Waals surface area contributed by atoms with E-state index in [1.165, 1.54) is 16.9 Å². The van der Waals surface area contributed by atoms with Crippen LogP contribution in [0.1, 0.15) is 61.0 Å². The second kappa shape index (κ2) is 9.00. The molecular weight excluding hydrogens is 398 g/mol. The van der Waals surface area contributed by atoms with Gasteiger partial charge in [-0.05, 0) is 62.8 Å². The SMILES string of the molecule is CCOc1ccc([C@H](C)NC(=O)CCc2nc3sc4c(c3c(=O)[nH]2)CCCC4)cc1. The molecular formula is C23H27N3O3S. The number of carbonyl (C=O) groups excluding carboxylic acids is 1. The standard InChI is InChI=1S/C23H27N3O3S/c1-3-29-16-10-8-15(9-11-16)14(2)24-20(27)13-12-19-25-22(28)21-17-6-4-5-7-18(17)30-23(21)26-19/h8-11,14H,3-7,12-13H2,1-2H3,(H,24,27)(H,25,26,28)/t14-/m0/s1. The Bertz CT molecular complexity index is 1100. The lowest BCUT2D eigenvalue weighted by molar-refractivity contribution is -0.121. The van der Waals surface area contributed by atoms with Gasteiger partial charge in [0, 0.05) is 17.7 Å². The first kappa shape index (κ1) is 20.6. The number of aryl methyl sites for hydroxylation is 3. The molecule has 0 spiro atoms. The highest BCUT2D eigenvalue weighted by Crippen LogP contribution is 2.33. The molecule has 0 bridgehead atoms. The Kier molecular flexibility index (Phi) is 6.18. The Labute approximate surface area is 179 Å². The second-order valence-corrected chi connectivity index (χ2v) is 8.78. The number of H-pyrrole nitrogens is 1. The van der Waals surface area contributed by atoms with E-state index in [-0.39, 0.29) is 23.9 Å². The van der Waals surface area contributed by atoms with Gasteiger partial charge in [-0.25, -0.2) is 4.98 Å². The summed E-state index contributed by atoms with van der Waals surface area (Å²) in [5, 5.41) is 3.77. The summed E-state index contributed by atoms with van der Waals surface area (Å²) in [5.41, 5.74) is 2.13. The van der Waals surface area contributed by atoms with E-state index in [4.69, 9.17) is 4.74 Å². The van der Waals surface area contributed by atoms with Crippen molar-refractivity contribution in [3.63, 3.8) is 0 Å². The molecule has 1 atom stereocenters. The molecule has 4 rings (SSSR count). The molecule has 30 heavy (non-hydrogen) atoms. The number of aromatic amines is 1. The summed E-state index contributed by atoms with van der Waals surface area (Å²) in [5.74, 6) is 1.33. The number of fused-ring (bicyclic) bond motifs is 3. The molecule has 7 heteroatoms. The Morgan fingerprint density at radius 3 is 2.80 bits per heavy atom. The van der Waals surface area contributed by atoms with E-state index in [1.807, 2.05) is 38.1 Å². The van der Waals surface area contributed by atoms with Crippen LogP contribution < -0.4 is 15.6 Å². The predicted octanol–water partition coefficient (Wildman–Crippen LogP) is 4.07. The number of nitrogens with one attached hydrogen (secondary N) is 2. The van der Waals surface area contributed by atoms with E-state index in [9.17, 15) is 9.59 Å². The van der Waals surface area contributed by atoms with Crippen LogP contribution in [-0.4, -0.2) is 22.5 Å². The maximum absolute atomic E-state index is 12.6. The highest BCUT2D eigenvalue weighted by Gasteiger charge is 2.20. The minimum atomic E-state index is -0.105. The molecule has 0 saturated heterocycles. The zero-order valence-corrected chi connectivity index (χ0v) is 18.2. The monoisotopic (exact) mass is 425 g/mol. The van der Waals surface area contributed by atoms with E-state index in [0.717, 1.165) is 40.8 Å². The maximum Gasteiger partial charge on any atom is 0.259 e. The van der Waals surface area contributed by atoms with Crippen molar-refractivity contribution in [1.29, 1.82) is 0 Å². The zero-order chi connectivity index (χ0) is 21.1. The summed E-state index contributed by atoms with van der Waals surface area (Å²) >= 11 is 1.63. The van der Waals surface area contributed by atoms with Gasteiger partial charge in [-0.2, -0.15) is 0 Å². The number of carbonyl (C=O) groups is 1. The summed E-state index contributed by atoms with van der Waals surface area (Å²) in [6, 6.07) is 7.63. The topological polar surface area (TPSA) is 84.1 Å². The molecule has 1 aliphatic rings. The van der Waals surface area contributed by atoms with E-state index in [0.29, 0.717) is 18.9 Å². The quantitative estimate of drug-likeness (QED) is 0.598. The summed E-state index contributed by atoms with van der Waals surface area (Å²) < 4.78 is 5.45. The minimum Gasteiger partial charge on any atom is -0.494 e. The number of nitrogens with zero attached hydrogens (tertiary/aromatic N) is 1. The van der Waals surface area contributed by atoms with Gasteiger partial charge in [-0.15, -0.1) is 11.3 Å². The van der Waals surface area contributed by atoms with Crippen LogP contribution in [0.15, 0.2) is 29.1 Å². The lowest BCUT2D eigenvalue weighted by atomic mass is 9.97. The summed E-state index contributed by atoms with van der Waals surface area (Å²) in [6.07, 6.45) is 5.00. The van der Waals surface area contributed by atoms with E-state index < -0.39 is 0 Å². The molecule has 1 aromatic carbocycles. The van der Waals surface area contributed by atoms with Crippen LogP contribution in [-0.2, 0) is 24.1 Å². The fourth-order valence-electron chi connectivity index (χ4n) is 3.98. The van der Waals surface area contributed by atoms with Crippen LogP contribution >= 0.6 is 11.3 Å². The number of ether oxygens (including phenoxy) is 1. The van der Waals surface area contributed by atoms with E-state index in [2.05, 4.69) is 15.3 Å². The van der Waals surface area contributed by atoms with Crippen molar-refractivity contribution in [3.05, 3.63) is 56.4 Å². The summed E-state index contributed by atoms with van der Waals surface area (Å²) in [4.78, 5) is 34.7. The van der Waals surface area contributed by atoms with Crippen LogP contribution in [0.2, 0.25) is 0 Å². The third-order valence-corrected chi connectivity index (χ3v) is 6.72. The van der Waals surface area contributed by atoms with Crippen molar-refractivity contribution in [2.75, 3.05) is 6.61 Å².